The summed E-state index contributed by atoms with van der Waals surface area (Å²) in [6.45, 7) is 1.24. The normalized spacial score (nSPS) is 16.8. The van der Waals surface area contributed by atoms with E-state index < -0.39 is 6.04 Å². The smallest absolute Gasteiger partial charge is 0.242 e. The standard InChI is InChI=1S/C18H22N4O2/c23-17-9-8-15(21-17)18(24)20-13-16-19-10-12-22(16)11-4-7-14-5-2-1-3-6-14/h1-3,5-6,10,12,15H,4,7-9,11,13H2,(H,20,24)(H,21,23)/t15-/m1/s1. The van der Waals surface area contributed by atoms with Gasteiger partial charge in [0.05, 0.1) is 6.54 Å². The third-order valence-corrected chi connectivity index (χ3v) is 4.24. The van der Waals surface area contributed by atoms with Gasteiger partial charge < -0.3 is 15.2 Å². The number of hydrogen-bond acceptors (Lipinski definition) is 3. The van der Waals surface area contributed by atoms with Gasteiger partial charge in [-0.05, 0) is 24.8 Å². The van der Waals surface area contributed by atoms with Gasteiger partial charge in [-0.15, -0.1) is 0 Å². The van der Waals surface area contributed by atoms with Crippen LogP contribution in [-0.4, -0.2) is 27.4 Å². The number of benzene rings is 1. The van der Waals surface area contributed by atoms with Crippen LogP contribution in [0.3, 0.4) is 0 Å². The quantitative estimate of drug-likeness (QED) is 0.808. The maximum atomic E-state index is 12.0. The van der Waals surface area contributed by atoms with Crippen molar-refractivity contribution in [2.45, 2.75) is 44.8 Å². The zero-order valence-corrected chi connectivity index (χ0v) is 13.6. The van der Waals surface area contributed by atoms with Gasteiger partial charge in [-0.3, -0.25) is 9.59 Å². The van der Waals surface area contributed by atoms with Crippen LogP contribution >= 0.6 is 0 Å². The van der Waals surface area contributed by atoms with Gasteiger partial charge in [0.25, 0.3) is 0 Å². The highest BCUT2D eigenvalue weighted by molar-refractivity contribution is 5.90. The number of hydrogen-bond donors (Lipinski definition) is 2. The number of nitrogens with one attached hydrogen (secondary N) is 2. The van der Waals surface area contributed by atoms with Crippen LogP contribution in [0.4, 0.5) is 0 Å². The lowest BCUT2D eigenvalue weighted by atomic mass is 10.1. The molecule has 1 aromatic carbocycles. The maximum Gasteiger partial charge on any atom is 0.242 e. The number of aromatic nitrogens is 2. The summed E-state index contributed by atoms with van der Waals surface area (Å²) in [5.74, 6) is 0.637. The number of nitrogens with zero attached hydrogens (tertiary/aromatic N) is 2. The Bertz CT molecular complexity index is 696. The van der Waals surface area contributed by atoms with E-state index in [-0.39, 0.29) is 11.8 Å². The lowest BCUT2D eigenvalue weighted by Crippen LogP contribution is -2.41. The minimum absolute atomic E-state index is 0.0578. The molecular weight excluding hydrogens is 304 g/mol. The summed E-state index contributed by atoms with van der Waals surface area (Å²) in [6, 6.07) is 9.98. The largest absolute Gasteiger partial charge is 0.347 e. The first-order chi connectivity index (χ1) is 11.7. The first-order valence-electron chi connectivity index (χ1n) is 8.33. The van der Waals surface area contributed by atoms with E-state index in [1.165, 1.54) is 5.56 Å². The fraction of sp³-hybridized carbons (Fsp3) is 0.389. The summed E-state index contributed by atoms with van der Waals surface area (Å²) in [6.07, 6.45) is 6.70. The first-order valence-corrected chi connectivity index (χ1v) is 8.33. The topological polar surface area (TPSA) is 76.0 Å². The average molecular weight is 326 g/mol. The van der Waals surface area contributed by atoms with Gasteiger partial charge >= 0.3 is 0 Å². The van der Waals surface area contributed by atoms with Crippen molar-refractivity contribution < 1.29 is 9.59 Å². The van der Waals surface area contributed by atoms with Crippen LogP contribution < -0.4 is 10.6 Å². The Kier molecular flexibility index (Phi) is 5.25. The van der Waals surface area contributed by atoms with Gasteiger partial charge in [-0.25, -0.2) is 4.98 Å². The molecule has 0 saturated carbocycles. The van der Waals surface area contributed by atoms with Crippen LogP contribution in [0.25, 0.3) is 0 Å². The van der Waals surface area contributed by atoms with Gasteiger partial charge in [0.2, 0.25) is 11.8 Å². The number of imidazole rings is 1. The van der Waals surface area contributed by atoms with E-state index in [9.17, 15) is 9.59 Å². The molecule has 2 N–H and O–H groups in total. The van der Waals surface area contributed by atoms with E-state index in [0.717, 1.165) is 25.2 Å². The molecule has 0 radical (unpaired) electrons. The molecule has 2 amide bonds. The van der Waals surface area contributed by atoms with E-state index in [2.05, 4.69) is 44.5 Å². The Morgan fingerprint density at radius 1 is 1.33 bits per heavy atom. The number of carbonyl (C=O) groups excluding carboxylic acids is 2. The molecule has 2 heterocycles. The predicted molar refractivity (Wildman–Crippen MR) is 90.0 cm³/mol. The molecule has 1 saturated heterocycles. The molecule has 1 atom stereocenters. The molecule has 1 aromatic heterocycles. The predicted octanol–water partition coefficient (Wildman–Crippen LogP) is 1.41. The van der Waals surface area contributed by atoms with E-state index in [0.29, 0.717) is 19.4 Å². The summed E-state index contributed by atoms with van der Waals surface area (Å²) < 4.78 is 2.07. The Balaban J connectivity index is 1.46. The van der Waals surface area contributed by atoms with Crippen molar-refractivity contribution in [3.05, 3.63) is 54.1 Å². The fourth-order valence-electron chi connectivity index (χ4n) is 2.91. The van der Waals surface area contributed by atoms with Crippen LogP contribution in [0.5, 0.6) is 0 Å². The number of amides is 2. The zero-order valence-electron chi connectivity index (χ0n) is 13.6. The summed E-state index contributed by atoms with van der Waals surface area (Å²) in [4.78, 5) is 27.5. The molecule has 24 heavy (non-hydrogen) atoms. The maximum absolute atomic E-state index is 12.0. The second kappa shape index (κ2) is 7.77. The molecular formula is C18H22N4O2. The Hall–Kier alpha value is -2.63. The Labute approximate surface area is 141 Å². The van der Waals surface area contributed by atoms with Crippen molar-refractivity contribution in [3.8, 4) is 0 Å². The summed E-state index contributed by atoms with van der Waals surface area (Å²) >= 11 is 0. The molecule has 0 bridgehead atoms. The van der Waals surface area contributed by atoms with E-state index >= 15 is 0 Å². The monoisotopic (exact) mass is 326 g/mol. The summed E-state index contributed by atoms with van der Waals surface area (Å²) in [5.41, 5.74) is 1.32. The van der Waals surface area contributed by atoms with Gasteiger partial charge in [0.15, 0.2) is 0 Å². The Morgan fingerprint density at radius 2 is 2.17 bits per heavy atom. The lowest BCUT2D eigenvalue weighted by molar-refractivity contribution is -0.125. The molecule has 0 unspecified atom stereocenters. The van der Waals surface area contributed by atoms with E-state index in [1.807, 2.05) is 12.3 Å². The first kappa shape index (κ1) is 16.2. The Morgan fingerprint density at radius 3 is 2.92 bits per heavy atom. The summed E-state index contributed by atoms with van der Waals surface area (Å²) in [5, 5.41) is 5.53. The van der Waals surface area contributed by atoms with Crippen LogP contribution in [0, 0.1) is 0 Å². The fourth-order valence-corrected chi connectivity index (χ4v) is 2.91. The van der Waals surface area contributed by atoms with Gasteiger partial charge in [0.1, 0.15) is 11.9 Å². The summed E-state index contributed by atoms with van der Waals surface area (Å²) in [7, 11) is 0. The number of aryl methyl sites for hydroxylation is 2. The molecule has 0 aliphatic carbocycles. The molecule has 126 valence electrons. The highest BCUT2D eigenvalue weighted by Crippen LogP contribution is 2.08. The molecule has 1 fully saturated rings. The molecule has 3 rings (SSSR count). The van der Waals surface area contributed by atoms with Crippen LogP contribution in [0.2, 0.25) is 0 Å². The van der Waals surface area contributed by atoms with Crippen molar-refractivity contribution >= 4 is 11.8 Å². The van der Waals surface area contributed by atoms with Crippen molar-refractivity contribution in [1.82, 2.24) is 20.2 Å². The highest BCUT2D eigenvalue weighted by atomic mass is 16.2. The SMILES string of the molecule is O=C1CC[C@H](C(=O)NCc2nccn2CCCc2ccccc2)N1. The molecule has 0 spiro atoms. The van der Waals surface area contributed by atoms with Crippen LogP contribution in [0.15, 0.2) is 42.7 Å². The van der Waals surface area contributed by atoms with Crippen LogP contribution in [0.1, 0.15) is 30.7 Å². The molecule has 6 heteroatoms. The van der Waals surface area contributed by atoms with E-state index in [1.54, 1.807) is 6.20 Å². The van der Waals surface area contributed by atoms with E-state index in [4.69, 9.17) is 0 Å². The van der Waals surface area contributed by atoms with Gasteiger partial charge in [0, 0.05) is 25.4 Å². The zero-order chi connectivity index (χ0) is 16.8. The minimum atomic E-state index is -0.404. The minimum Gasteiger partial charge on any atom is -0.347 e. The molecule has 2 aromatic rings. The van der Waals surface area contributed by atoms with Crippen molar-refractivity contribution in [1.29, 1.82) is 0 Å². The third kappa shape index (κ3) is 4.22. The molecule has 1 aliphatic rings. The third-order valence-electron chi connectivity index (χ3n) is 4.24. The molecule has 1 aliphatic heterocycles. The number of carbonyl (C=O) groups is 2. The van der Waals surface area contributed by atoms with Crippen LogP contribution in [-0.2, 0) is 29.1 Å². The van der Waals surface area contributed by atoms with Crippen molar-refractivity contribution in [2.75, 3.05) is 0 Å². The molecule has 6 nitrogen and oxygen atoms in total. The van der Waals surface area contributed by atoms with Gasteiger partial charge in [-0.2, -0.15) is 0 Å². The highest BCUT2D eigenvalue weighted by Gasteiger charge is 2.26. The number of rotatable bonds is 7. The van der Waals surface area contributed by atoms with Gasteiger partial charge in [-0.1, -0.05) is 30.3 Å². The second-order valence-corrected chi connectivity index (χ2v) is 6.00. The average Bonchev–Trinajstić information content (AvgIpc) is 3.23. The lowest BCUT2D eigenvalue weighted by Gasteiger charge is -2.12. The van der Waals surface area contributed by atoms with Crippen molar-refractivity contribution in [2.24, 2.45) is 0 Å². The second-order valence-electron chi connectivity index (χ2n) is 6.00. The van der Waals surface area contributed by atoms with Crippen molar-refractivity contribution in [3.63, 3.8) is 0 Å².